The molecule has 0 atom stereocenters. The van der Waals surface area contributed by atoms with Gasteiger partial charge in [-0.2, -0.15) is 11.8 Å². The van der Waals surface area contributed by atoms with Crippen molar-refractivity contribution in [3.05, 3.63) is 0 Å². The van der Waals surface area contributed by atoms with Gasteiger partial charge in [0, 0.05) is 6.54 Å². The topological polar surface area (TPSA) is 49.4 Å². The number of carbonyl (C=O) groups excluding carboxylic acids is 2. The van der Waals surface area contributed by atoms with Gasteiger partial charge in [-0.1, -0.05) is 13.8 Å². The van der Waals surface area contributed by atoms with Gasteiger partial charge in [-0.3, -0.25) is 9.59 Å². The molecule has 0 aromatic rings. The van der Waals surface area contributed by atoms with Crippen LogP contribution in [0.3, 0.4) is 0 Å². The van der Waals surface area contributed by atoms with E-state index in [1.165, 1.54) is 0 Å². The molecule has 0 unspecified atom stereocenters. The van der Waals surface area contributed by atoms with E-state index in [0.717, 1.165) is 12.2 Å². The highest BCUT2D eigenvalue weighted by Gasteiger charge is 2.46. The van der Waals surface area contributed by atoms with Crippen molar-refractivity contribution in [1.29, 1.82) is 0 Å². The van der Waals surface area contributed by atoms with E-state index >= 15 is 0 Å². The van der Waals surface area contributed by atoms with Gasteiger partial charge in [0.2, 0.25) is 11.8 Å². The van der Waals surface area contributed by atoms with E-state index in [1.54, 1.807) is 16.7 Å². The molecule has 1 aliphatic rings. The second-order valence-electron chi connectivity index (χ2n) is 4.31. The number of nitrogens with zero attached hydrogens (tertiary/aromatic N) is 1. The summed E-state index contributed by atoms with van der Waals surface area (Å²) in [5.41, 5.74) is -0.617. The molecule has 1 rings (SSSR count). The van der Waals surface area contributed by atoms with Gasteiger partial charge in [-0.15, -0.1) is 0 Å². The molecule has 2 amide bonds. The van der Waals surface area contributed by atoms with Crippen LogP contribution < -0.4 is 5.32 Å². The zero-order valence-electron chi connectivity index (χ0n) is 10.9. The largest absolute Gasteiger partial charge is 0.345 e. The summed E-state index contributed by atoms with van der Waals surface area (Å²) < 4.78 is 0. The summed E-state index contributed by atoms with van der Waals surface area (Å²) in [4.78, 5) is 25.8. The predicted octanol–water partition coefficient (Wildman–Crippen LogP) is 1.26. The van der Waals surface area contributed by atoms with E-state index in [4.69, 9.17) is 0 Å². The van der Waals surface area contributed by atoms with Crippen LogP contribution in [0.15, 0.2) is 0 Å². The van der Waals surface area contributed by atoms with Crippen LogP contribution in [-0.2, 0) is 9.59 Å². The van der Waals surface area contributed by atoms with E-state index in [9.17, 15) is 9.59 Å². The molecule has 98 valence electrons. The minimum Gasteiger partial charge on any atom is -0.345 e. The fourth-order valence-electron chi connectivity index (χ4n) is 2.44. The summed E-state index contributed by atoms with van der Waals surface area (Å²) >= 11 is 1.77. The van der Waals surface area contributed by atoms with Crippen molar-refractivity contribution in [1.82, 2.24) is 10.2 Å². The summed E-state index contributed by atoms with van der Waals surface area (Å²) in [6.45, 7) is 4.79. The van der Waals surface area contributed by atoms with Crippen molar-refractivity contribution in [3.63, 3.8) is 0 Å². The number of amides is 2. The monoisotopic (exact) mass is 258 g/mol. The molecule has 0 saturated carbocycles. The molecule has 4 nitrogen and oxygen atoms in total. The third-order valence-electron chi connectivity index (χ3n) is 3.54. The van der Waals surface area contributed by atoms with Crippen molar-refractivity contribution in [2.75, 3.05) is 25.1 Å². The van der Waals surface area contributed by atoms with Crippen molar-refractivity contribution in [2.45, 2.75) is 38.6 Å². The maximum Gasteiger partial charge on any atom is 0.246 e. The highest BCUT2D eigenvalue weighted by atomic mass is 32.2. The third kappa shape index (κ3) is 2.76. The average Bonchev–Trinajstić information content (AvgIpc) is 2.34. The summed E-state index contributed by atoms with van der Waals surface area (Å²) in [7, 11) is 0. The Hall–Kier alpha value is -0.710. The molecule has 0 bridgehead atoms. The average molecular weight is 258 g/mol. The molecule has 1 fully saturated rings. The first-order valence-electron chi connectivity index (χ1n) is 6.20. The van der Waals surface area contributed by atoms with E-state index in [2.05, 4.69) is 11.6 Å². The van der Waals surface area contributed by atoms with Gasteiger partial charge in [0.25, 0.3) is 0 Å². The molecule has 1 aliphatic heterocycles. The Labute approximate surface area is 108 Å². The standard InChI is InChI=1S/C12H22N2O2S/c1-4-12(5-2)11(16)13-9-10(15)14(12)7-6-8-17-3/h4-9H2,1-3H3,(H,13,16). The van der Waals surface area contributed by atoms with Crippen molar-refractivity contribution in [2.24, 2.45) is 0 Å². The highest BCUT2D eigenvalue weighted by molar-refractivity contribution is 7.98. The van der Waals surface area contributed by atoms with Gasteiger partial charge in [0.1, 0.15) is 5.54 Å². The van der Waals surface area contributed by atoms with Crippen molar-refractivity contribution < 1.29 is 9.59 Å². The number of nitrogens with one attached hydrogen (secondary N) is 1. The molecule has 0 aliphatic carbocycles. The Morgan fingerprint density at radius 3 is 2.53 bits per heavy atom. The van der Waals surface area contributed by atoms with Crippen LogP contribution >= 0.6 is 11.8 Å². The van der Waals surface area contributed by atoms with E-state index < -0.39 is 5.54 Å². The van der Waals surface area contributed by atoms with Crippen LogP contribution in [0.4, 0.5) is 0 Å². The fourth-order valence-corrected chi connectivity index (χ4v) is 2.85. The summed E-state index contributed by atoms with van der Waals surface area (Å²) in [5.74, 6) is 1.08. The summed E-state index contributed by atoms with van der Waals surface area (Å²) in [5, 5.41) is 2.71. The molecular formula is C12H22N2O2S. The minimum absolute atomic E-state index is 0.00579. The second-order valence-corrected chi connectivity index (χ2v) is 5.30. The predicted molar refractivity (Wildman–Crippen MR) is 71.0 cm³/mol. The molecule has 0 spiro atoms. The maximum absolute atomic E-state index is 12.1. The molecule has 0 radical (unpaired) electrons. The van der Waals surface area contributed by atoms with Crippen LogP contribution in [0.2, 0.25) is 0 Å². The zero-order valence-corrected chi connectivity index (χ0v) is 11.7. The Balaban J connectivity index is 2.84. The van der Waals surface area contributed by atoms with Gasteiger partial charge in [-0.05, 0) is 31.3 Å². The normalized spacial score (nSPS) is 19.4. The Kier molecular flexibility index (Phi) is 5.31. The number of hydrogen-bond donors (Lipinski definition) is 1. The quantitative estimate of drug-likeness (QED) is 0.730. The van der Waals surface area contributed by atoms with Gasteiger partial charge in [0.05, 0.1) is 6.54 Å². The number of thioether (sulfide) groups is 1. The highest BCUT2D eigenvalue weighted by Crippen LogP contribution is 2.27. The lowest BCUT2D eigenvalue weighted by Crippen LogP contribution is -2.66. The number of hydrogen-bond acceptors (Lipinski definition) is 3. The number of piperazine rings is 1. The lowest BCUT2D eigenvalue weighted by molar-refractivity contribution is -0.154. The van der Waals surface area contributed by atoms with Gasteiger partial charge in [0.15, 0.2) is 0 Å². The van der Waals surface area contributed by atoms with Crippen LogP contribution in [-0.4, -0.2) is 47.4 Å². The van der Waals surface area contributed by atoms with Crippen LogP contribution in [0.1, 0.15) is 33.1 Å². The molecule has 17 heavy (non-hydrogen) atoms. The second kappa shape index (κ2) is 6.28. The molecule has 0 aromatic carbocycles. The molecule has 5 heteroatoms. The molecule has 1 N–H and O–H groups in total. The van der Waals surface area contributed by atoms with E-state index in [1.807, 2.05) is 13.8 Å². The van der Waals surface area contributed by atoms with E-state index in [-0.39, 0.29) is 18.4 Å². The van der Waals surface area contributed by atoms with Gasteiger partial charge in [-0.25, -0.2) is 0 Å². The minimum atomic E-state index is -0.617. The Bertz CT molecular complexity index is 290. The number of carbonyl (C=O) groups is 2. The van der Waals surface area contributed by atoms with E-state index in [0.29, 0.717) is 19.4 Å². The van der Waals surface area contributed by atoms with Gasteiger partial charge < -0.3 is 10.2 Å². The molecule has 1 heterocycles. The smallest absolute Gasteiger partial charge is 0.246 e. The maximum atomic E-state index is 12.1. The van der Waals surface area contributed by atoms with Crippen molar-refractivity contribution >= 4 is 23.6 Å². The summed E-state index contributed by atoms with van der Waals surface area (Å²) in [6, 6.07) is 0. The molecular weight excluding hydrogens is 236 g/mol. The fraction of sp³-hybridized carbons (Fsp3) is 0.833. The first kappa shape index (κ1) is 14.4. The van der Waals surface area contributed by atoms with Crippen molar-refractivity contribution in [3.8, 4) is 0 Å². The van der Waals surface area contributed by atoms with Gasteiger partial charge >= 0.3 is 0 Å². The summed E-state index contributed by atoms with van der Waals surface area (Å²) in [6.07, 6.45) is 4.36. The first-order chi connectivity index (χ1) is 8.12. The number of rotatable bonds is 6. The SMILES string of the molecule is CCC1(CC)C(=O)NCC(=O)N1CCCSC. The lowest BCUT2D eigenvalue weighted by Gasteiger charge is -2.45. The molecule has 0 aromatic heterocycles. The first-order valence-corrected chi connectivity index (χ1v) is 7.59. The van der Waals surface area contributed by atoms with Crippen LogP contribution in [0.5, 0.6) is 0 Å². The Morgan fingerprint density at radius 2 is 2.00 bits per heavy atom. The molecule has 1 saturated heterocycles. The van der Waals surface area contributed by atoms with Crippen LogP contribution in [0.25, 0.3) is 0 Å². The zero-order chi connectivity index (χ0) is 12.9. The van der Waals surface area contributed by atoms with Crippen LogP contribution in [0, 0.1) is 0 Å². The third-order valence-corrected chi connectivity index (χ3v) is 4.24. The Morgan fingerprint density at radius 1 is 1.35 bits per heavy atom. The lowest BCUT2D eigenvalue weighted by atomic mass is 9.87.